The van der Waals surface area contributed by atoms with Crippen LogP contribution in [0, 0.1) is 0 Å². The van der Waals surface area contributed by atoms with Crippen molar-refractivity contribution >= 4 is 34.7 Å². The van der Waals surface area contributed by atoms with Crippen LogP contribution in [0.15, 0.2) is 16.7 Å². The van der Waals surface area contributed by atoms with E-state index in [0.29, 0.717) is 23.6 Å². The van der Waals surface area contributed by atoms with Gasteiger partial charge in [0.1, 0.15) is 0 Å². The zero-order valence-corrected chi connectivity index (χ0v) is 13.6. The molecule has 1 fully saturated rings. The van der Waals surface area contributed by atoms with Gasteiger partial charge >= 0.3 is 0 Å². The second kappa shape index (κ2) is 7.24. The van der Waals surface area contributed by atoms with Crippen LogP contribution in [0.1, 0.15) is 30.1 Å². The van der Waals surface area contributed by atoms with Gasteiger partial charge in [-0.1, -0.05) is 25.6 Å². The van der Waals surface area contributed by atoms with E-state index in [9.17, 15) is 4.79 Å². The Kier molecular flexibility index (Phi) is 5.61. The predicted octanol–water partition coefficient (Wildman–Crippen LogP) is 2.15. The molecule has 1 amide bonds. The molecule has 0 bridgehead atoms. The lowest BCUT2D eigenvalue weighted by Gasteiger charge is -2.38. The van der Waals surface area contributed by atoms with Gasteiger partial charge in [0.2, 0.25) is 5.22 Å². The third kappa shape index (κ3) is 3.75. The van der Waals surface area contributed by atoms with Crippen LogP contribution in [-0.2, 0) is 0 Å². The van der Waals surface area contributed by atoms with E-state index in [1.807, 2.05) is 0 Å². The Labute approximate surface area is 135 Å². The Bertz CT molecular complexity index is 512. The van der Waals surface area contributed by atoms with E-state index in [1.165, 1.54) is 6.26 Å². The number of nitrogens with two attached hydrogens (primary N) is 1. The number of carbonyl (C=O) groups excluding carboxylic acids is 1. The third-order valence-electron chi connectivity index (χ3n) is 3.78. The van der Waals surface area contributed by atoms with Crippen molar-refractivity contribution in [1.82, 2.24) is 9.80 Å². The number of carbonyl (C=O) groups is 1. The van der Waals surface area contributed by atoms with E-state index in [2.05, 4.69) is 11.8 Å². The molecule has 7 heteroatoms. The highest BCUT2D eigenvalue weighted by Gasteiger charge is 2.28. The molecule has 2 heterocycles. The Morgan fingerprint density at radius 1 is 1.48 bits per heavy atom. The van der Waals surface area contributed by atoms with Crippen LogP contribution >= 0.6 is 23.8 Å². The van der Waals surface area contributed by atoms with Gasteiger partial charge in [0.15, 0.2) is 0 Å². The number of hydrogen-bond acceptors (Lipinski definition) is 4. The van der Waals surface area contributed by atoms with Crippen LogP contribution in [0.3, 0.4) is 0 Å². The quantitative estimate of drug-likeness (QED) is 0.839. The standard InChI is InChI=1S/C14H20ClN3O2S/c1-2-3-11(13(16)21)17-5-7-18(8-6-17)14(19)10-4-9-20-12(10)15/h4,9,11H,2-3,5-8H2,1H3,(H2,16,21). The number of hydrogen-bond donors (Lipinski definition) is 1. The average Bonchev–Trinajstić information content (AvgIpc) is 2.90. The molecule has 1 saturated heterocycles. The molecule has 0 saturated carbocycles. The summed E-state index contributed by atoms with van der Waals surface area (Å²) in [6, 6.07) is 1.73. The molecule has 0 aromatic carbocycles. The van der Waals surface area contributed by atoms with Gasteiger partial charge in [-0.15, -0.1) is 0 Å². The Morgan fingerprint density at radius 2 is 2.14 bits per heavy atom. The van der Waals surface area contributed by atoms with E-state index in [0.717, 1.165) is 25.9 Å². The van der Waals surface area contributed by atoms with Gasteiger partial charge < -0.3 is 15.1 Å². The van der Waals surface area contributed by atoms with E-state index < -0.39 is 0 Å². The van der Waals surface area contributed by atoms with Crippen LogP contribution in [0.4, 0.5) is 0 Å². The molecular weight excluding hydrogens is 310 g/mol. The fourth-order valence-corrected chi connectivity index (χ4v) is 3.09. The molecule has 1 unspecified atom stereocenters. The lowest BCUT2D eigenvalue weighted by Crippen LogP contribution is -2.54. The van der Waals surface area contributed by atoms with Gasteiger partial charge in [-0.2, -0.15) is 0 Å². The first-order valence-corrected chi connectivity index (χ1v) is 7.88. The second-order valence-corrected chi connectivity index (χ2v) is 5.96. The predicted molar refractivity (Wildman–Crippen MR) is 86.7 cm³/mol. The first-order valence-electron chi connectivity index (χ1n) is 7.10. The average molecular weight is 330 g/mol. The summed E-state index contributed by atoms with van der Waals surface area (Å²) in [5, 5.41) is 0.148. The molecule has 0 spiro atoms. The topological polar surface area (TPSA) is 62.7 Å². The first-order chi connectivity index (χ1) is 10.0. The van der Waals surface area contributed by atoms with E-state index in [1.54, 1.807) is 11.0 Å². The molecule has 0 radical (unpaired) electrons. The lowest BCUT2D eigenvalue weighted by atomic mass is 10.1. The van der Waals surface area contributed by atoms with Gasteiger partial charge in [-0.25, -0.2) is 0 Å². The van der Waals surface area contributed by atoms with Crippen LogP contribution in [0.25, 0.3) is 0 Å². The zero-order chi connectivity index (χ0) is 15.4. The summed E-state index contributed by atoms with van der Waals surface area (Å²) in [6.45, 7) is 4.94. The molecule has 1 aliphatic rings. The van der Waals surface area contributed by atoms with Crippen molar-refractivity contribution in [2.45, 2.75) is 25.8 Å². The van der Waals surface area contributed by atoms with Gasteiger partial charge in [0.05, 0.1) is 22.9 Å². The maximum atomic E-state index is 12.3. The summed E-state index contributed by atoms with van der Waals surface area (Å²) in [5.41, 5.74) is 6.25. The third-order valence-corrected chi connectivity index (χ3v) is 4.35. The van der Waals surface area contributed by atoms with Crippen molar-refractivity contribution in [3.8, 4) is 0 Å². The van der Waals surface area contributed by atoms with Crippen molar-refractivity contribution in [2.24, 2.45) is 5.73 Å². The van der Waals surface area contributed by atoms with Crippen molar-refractivity contribution in [3.05, 3.63) is 23.1 Å². The normalized spacial score (nSPS) is 17.7. The summed E-state index contributed by atoms with van der Waals surface area (Å²) in [4.78, 5) is 16.9. The SMILES string of the molecule is CCCC(C(N)=S)N1CCN(C(=O)c2ccoc2Cl)CC1. The summed E-state index contributed by atoms with van der Waals surface area (Å²) in [6.07, 6.45) is 3.42. The fourth-order valence-electron chi connectivity index (χ4n) is 2.63. The summed E-state index contributed by atoms with van der Waals surface area (Å²) < 4.78 is 4.97. The number of thiocarbonyl (C=S) groups is 1. The van der Waals surface area contributed by atoms with Crippen molar-refractivity contribution in [2.75, 3.05) is 26.2 Å². The molecule has 2 rings (SSSR count). The minimum absolute atomic E-state index is 0.0873. The molecule has 5 nitrogen and oxygen atoms in total. The Hall–Kier alpha value is -1.11. The van der Waals surface area contributed by atoms with E-state index in [4.69, 9.17) is 34.0 Å². The second-order valence-electron chi connectivity index (χ2n) is 5.14. The molecule has 21 heavy (non-hydrogen) atoms. The number of halogens is 1. The Balaban J connectivity index is 1.95. The summed E-state index contributed by atoms with van der Waals surface area (Å²) in [5.74, 6) is -0.0873. The van der Waals surface area contributed by atoms with Crippen LogP contribution in [0.2, 0.25) is 5.22 Å². The van der Waals surface area contributed by atoms with Crippen LogP contribution < -0.4 is 5.73 Å². The number of nitrogens with zero attached hydrogens (tertiary/aromatic N) is 2. The maximum Gasteiger partial charge on any atom is 0.258 e. The first kappa shape index (κ1) is 16.3. The zero-order valence-electron chi connectivity index (χ0n) is 12.0. The number of furan rings is 1. The minimum atomic E-state index is -0.0873. The highest BCUT2D eigenvalue weighted by atomic mass is 35.5. The highest BCUT2D eigenvalue weighted by molar-refractivity contribution is 7.80. The fraction of sp³-hybridized carbons (Fsp3) is 0.571. The number of amides is 1. The molecule has 2 N–H and O–H groups in total. The van der Waals surface area contributed by atoms with Gasteiger partial charge in [0, 0.05) is 26.2 Å². The smallest absolute Gasteiger partial charge is 0.258 e. The van der Waals surface area contributed by atoms with Gasteiger partial charge in [-0.3, -0.25) is 9.69 Å². The molecule has 116 valence electrons. The number of rotatable bonds is 5. The Morgan fingerprint density at radius 3 is 2.62 bits per heavy atom. The highest BCUT2D eigenvalue weighted by Crippen LogP contribution is 2.20. The monoisotopic (exact) mass is 329 g/mol. The van der Waals surface area contributed by atoms with Crippen molar-refractivity contribution in [3.63, 3.8) is 0 Å². The molecule has 1 aromatic heterocycles. The molecular formula is C14H20ClN3O2S. The van der Waals surface area contributed by atoms with Crippen LogP contribution in [0.5, 0.6) is 0 Å². The van der Waals surface area contributed by atoms with Crippen LogP contribution in [-0.4, -0.2) is 52.9 Å². The molecule has 1 aromatic rings. The van der Waals surface area contributed by atoms with E-state index >= 15 is 0 Å². The molecule has 0 aliphatic carbocycles. The van der Waals surface area contributed by atoms with Crippen molar-refractivity contribution in [1.29, 1.82) is 0 Å². The van der Waals surface area contributed by atoms with Gasteiger partial charge in [0.25, 0.3) is 5.91 Å². The van der Waals surface area contributed by atoms with Crippen molar-refractivity contribution < 1.29 is 9.21 Å². The van der Waals surface area contributed by atoms with Gasteiger partial charge in [-0.05, 0) is 24.1 Å². The van der Waals surface area contributed by atoms with E-state index in [-0.39, 0.29) is 17.2 Å². The molecule has 1 aliphatic heterocycles. The maximum absolute atomic E-state index is 12.3. The molecule has 1 atom stereocenters. The summed E-state index contributed by atoms with van der Waals surface area (Å²) >= 11 is 11.0. The largest absolute Gasteiger partial charge is 0.452 e. The number of piperazine rings is 1. The lowest BCUT2D eigenvalue weighted by molar-refractivity contribution is 0.0608. The summed E-state index contributed by atoms with van der Waals surface area (Å²) in [7, 11) is 0. The minimum Gasteiger partial charge on any atom is -0.452 e.